The van der Waals surface area contributed by atoms with E-state index in [9.17, 15) is 9.59 Å². The van der Waals surface area contributed by atoms with Crippen molar-refractivity contribution in [3.63, 3.8) is 0 Å². The van der Waals surface area contributed by atoms with Crippen molar-refractivity contribution in [3.05, 3.63) is 93.5 Å². The van der Waals surface area contributed by atoms with Crippen molar-refractivity contribution >= 4 is 41.2 Å². The molecule has 0 saturated carbocycles. The van der Waals surface area contributed by atoms with Crippen molar-refractivity contribution in [2.45, 2.75) is 33.4 Å². The molecule has 0 aliphatic carbocycles. The molecular weight excluding hydrogens is 513 g/mol. The van der Waals surface area contributed by atoms with Crippen LogP contribution in [0.1, 0.15) is 42.3 Å². The van der Waals surface area contributed by atoms with Gasteiger partial charge in [0.05, 0.1) is 12.8 Å². The zero-order valence-electron chi connectivity index (χ0n) is 20.8. The number of benzene rings is 3. The van der Waals surface area contributed by atoms with Crippen molar-refractivity contribution < 1.29 is 19.1 Å². The molecule has 9 heteroatoms. The van der Waals surface area contributed by atoms with Gasteiger partial charge in [0.15, 0.2) is 11.5 Å². The summed E-state index contributed by atoms with van der Waals surface area (Å²) in [5.41, 5.74) is 4.55. The summed E-state index contributed by atoms with van der Waals surface area (Å²) in [6.07, 6.45) is 1.50. The first-order chi connectivity index (χ1) is 17.8. The number of hydrogen-bond donors (Lipinski definition) is 2. The quantitative estimate of drug-likeness (QED) is 0.234. The maximum Gasteiger partial charge on any atom is 0.262 e. The second-order valence-electron chi connectivity index (χ2n) is 8.49. The van der Waals surface area contributed by atoms with Crippen LogP contribution in [-0.4, -0.2) is 30.7 Å². The highest BCUT2D eigenvalue weighted by atomic mass is 35.5. The minimum absolute atomic E-state index is 0.167. The Hall–Kier alpha value is -3.55. The minimum Gasteiger partial charge on any atom is -0.490 e. The summed E-state index contributed by atoms with van der Waals surface area (Å²) in [5, 5.41) is 7.92. The van der Waals surface area contributed by atoms with Gasteiger partial charge in [0.25, 0.3) is 11.8 Å². The minimum atomic E-state index is -0.786. The summed E-state index contributed by atoms with van der Waals surface area (Å²) in [7, 11) is 0. The number of carbonyl (C=O) groups is 2. The van der Waals surface area contributed by atoms with E-state index in [1.165, 1.54) is 6.21 Å². The Labute approximate surface area is 226 Å². The molecule has 0 radical (unpaired) electrons. The lowest BCUT2D eigenvalue weighted by Gasteiger charge is -2.20. The van der Waals surface area contributed by atoms with Gasteiger partial charge in [-0.3, -0.25) is 9.59 Å². The first kappa shape index (κ1) is 28.0. The number of nitrogens with one attached hydrogen (secondary N) is 2. The molecule has 2 N–H and O–H groups in total. The molecule has 0 spiro atoms. The van der Waals surface area contributed by atoms with E-state index in [2.05, 4.69) is 15.8 Å². The first-order valence-corrected chi connectivity index (χ1v) is 12.6. The summed E-state index contributed by atoms with van der Waals surface area (Å²) in [4.78, 5) is 25.3. The highest BCUT2D eigenvalue weighted by Crippen LogP contribution is 2.29. The second-order valence-corrected chi connectivity index (χ2v) is 9.37. The van der Waals surface area contributed by atoms with Crippen LogP contribution in [0.4, 0.5) is 0 Å². The van der Waals surface area contributed by atoms with Crippen molar-refractivity contribution in [1.82, 2.24) is 10.7 Å². The number of ether oxygens (including phenoxy) is 2. The van der Waals surface area contributed by atoms with Crippen LogP contribution in [0.25, 0.3) is 0 Å². The number of amides is 2. The predicted molar refractivity (Wildman–Crippen MR) is 147 cm³/mol. The largest absolute Gasteiger partial charge is 0.490 e. The summed E-state index contributed by atoms with van der Waals surface area (Å²) >= 11 is 11.9. The van der Waals surface area contributed by atoms with Crippen LogP contribution < -0.4 is 20.2 Å². The third-order valence-electron chi connectivity index (χ3n) is 5.29. The number of nitrogens with zero attached hydrogens (tertiary/aromatic N) is 1. The number of rotatable bonds is 11. The van der Waals surface area contributed by atoms with Gasteiger partial charge in [0, 0.05) is 15.6 Å². The van der Waals surface area contributed by atoms with Crippen LogP contribution in [-0.2, 0) is 11.4 Å². The van der Waals surface area contributed by atoms with E-state index in [1.54, 1.807) is 42.5 Å². The van der Waals surface area contributed by atoms with E-state index in [-0.39, 0.29) is 5.92 Å². The molecule has 0 fully saturated rings. The lowest BCUT2D eigenvalue weighted by molar-refractivity contribution is -0.123. The van der Waals surface area contributed by atoms with E-state index in [4.69, 9.17) is 32.7 Å². The van der Waals surface area contributed by atoms with Crippen LogP contribution in [0.5, 0.6) is 11.5 Å². The smallest absolute Gasteiger partial charge is 0.262 e. The molecule has 194 valence electrons. The Morgan fingerprint density at radius 3 is 2.38 bits per heavy atom. The zero-order valence-corrected chi connectivity index (χ0v) is 22.3. The molecule has 3 rings (SSSR count). The van der Waals surface area contributed by atoms with Crippen molar-refractivity contribution in [2.75, 3.05) is 6.61 Å². The molecule has 1 atom stereocenters. The summed E-state index contributed by atoms with van der Waals surface area (Å²) < 4.78 is 11.6. The highest BCUT2D eigenvalue weighted by molar-refractivity contribution is 6.31. The number of hydrazone groups is 1. The van der Waals surface area contributed by atoms with Gasteiger partial charge in [-0.15, -0.1) is 0 Å². The van der Waals surface area contributed by atoms with Crippen LogP contribution in [0.3, 0.4) is 0 Å². The topological polar surface area (TPSA) is 89.0 Å². The highest BCUT2D eigenvalue weighted by Gasteiger charge is 2.24. The van der Waals surface area contributed by atoms with Gasteiger partial charge in [0.2, 0.25) is 0 Å². The fourth-order valence-electron chi connectivity index (χ4n) is 3.36. The third-order valence-corrected chi connectivity index (χ3v) is 5.77. The molecule has 0 aliphatic heterocycles. The van der Waals surface area contributed by atoms with Gasteiger partial charge in [-0.05, 0) is 72.5 Å². The van der Waals surface area contributed by atoms with Crippen LogP contribution in [0.2, 0.25) is 10.0 Å². The van der Waals surface area contributed by atoms with Gasteiger partial charge in [-0.1, -0.05) is 55.2 Å². The predicted octanol–water partition coefficient (Wildman–Crippen LogP) is 5.88. The molecule has 1 unspecified atom stereocenters. The third kappa shape index (κ3) is 8.51. The summed E-state index contributed by atoms with van der Waals surface area (Å²) in [6, 6.07) is 18.5. The number of halogens is 2. The number of hydrogen-bond acceptors (Lipinski definition) is 5. The molecule has 2 amide bonds. The normalized spacial score (nSPS) is 11.8. The van der Waals surface area contributed by atoms with E-state index in [1.807, 2.05) is 45.0 Å². The average molecular weight is 542 g/mol. The second kappa shape index (κ2) is 13.7. The van der Waals surface area contributed by atoms with E-state index in [0.717, 1.165) is 5.56 Å². The molecule has 0 aromatic heterocycles. The van der Waals surface area contributed by atoms with E-state index >= 15 is 0 Å². The fraction of sp³-hybridized carbons (Fsp3) is 0.250. The molecule has 7 nitrogen and oxygen atoms in total. The van der Waals surface area contributed by atoms with Gasteiger partial charge in [-0.25, -0.2) is 5.43 Å². The van der Waals surface area contributed by atoms with Crippen molar-refractivity contribution in [3.8, 4) is 11.5 Å². The van der Waals surface area contributed by atoms with Crippen LogP contribution in [0, 0.1) is 5.92 Å². The Kier molecular flexibility index (Phi) is 10.4. The SMILES string of the molecule is CCOc1cc(/C=N\NC(=O)C(NC(=O)c2cccc(Cl)c2)C(C)C)ccc1OCc1ccc(Cl)cc1. The van der Waals surface area contributed by atoms with Gasteiger partial charge in [-0.2, -0.15) is 5.10 Å². The van der Waals surface area contributed by atoms with E-state index in [0.29, 0.717) is 45.9 Å². The Morgan fingerprint density at radius 2 is 1.70 bits per heavy atom. The summed E-state index contributed by atoms with van der Waals surface area (Å²) in [5.74, 6) is 0.146. The van der Waals surface area contributed by atoms with Gasteiger partial charge >= 0.3 is 0 Å². The molecule has 37 heavy (non-hydrogen) atoms. The molecular formula is C28H29Cl2N3O4. The fourth-order valence-corrected chi connectivity index (χ4v) is 3.68. The van der Waals surface area contributed by atoms with Gasteiger partial charge < -0.3 is 14.8 Å². The average Bonchev–Trinajstić information content (AvgIpc) is 2.87. The van der Waals surface area contributed by atoms with Gasteiger partial charge in [0.1, 0.15) is 12.6 Å². The Morgan fingerprint density at radius 1 is 0.946 bits per heavy atom. The van der Waals surface area contributed by atoms with Crippen molar-refractivity contribution in [2.24, 2.45) is 11.0 Å². The standard InChI is InChI=1S/C28H29Cl2N3O4/c1-4-36-25-14-20(10-13-24(25)37-17-19-8-11-22(29)12-9-19)16-31-33-28(35)26(18(2)3)32-27(34)21-6-5-7-23(30)15-21/h5-16,18,26H,4,17H2,1-3H3,(H,32,34)(H,33,35)/b31-16-. The first-order valence-electron chi connectivity index (χ1n) is 11.8. The van der Waals surface area contributed by atoms with Crippen LogP contribution in [0.15, 0.2) is 71.8 Å². The molecule has 0 aliphatic rings. The molecule has 3 aromatic rings. The number of carbonyl (C=O) groups excluding carboxylic acids is 2. The molecule has 3 aromatic carbocycles. The molecule has 0 bridgehead atoms. The Balaban J connectivity index is 1.63. The maximum absolute atomic E-state index is 12.8. The lowest BCUT2D eigenvalue weighted by atomic mass is 10.0. The van der Waals surface area contributed by atoms with E-state index < -0.39 is 17.9 Å². The molecule has 0 saturated heterocycles. The van der Waals surface area contributed by atoms with Crippen molar-refractivity contribution in [1.29, 1.82) is 0 Å². The zero-order chi connectivity index (χ0) is 26.8. The molecule has 0 heterocycles. The monoisotopic (exact) mass is 541 g/mol. The summed E-state index contributed by atoms with van der Waals surface area (Å²) in [6.45, 7) is 6.37. The maximum atomic E-state index is 12.8. The Bertz CT molecular complexity index is 1250. The lowest BCUT2D eigenvalue weighted by Crippen LogP contribution is -2.48. The van der Waals surface area contributed by atoms with Crippen LogP contribution >= 0.6 is 23.2 Å².